The second kappa shape index (κ2) is 2.95. The molecule has 0 aliphatic heterocycles. The molecule has 2 aromatic rings. The van der Waals surface area contributed by atoms with Gasteiger partial charge in [0, 0.05) is 5.38 Å². The number of aliphatic hydroxyl groups excluding tert-OH is 1. The van der Waals surface area contributed by atoms with E-state index in [-0.39, 0.29) is 18.3 Å². The van der Waals surface area contributed by atoms with Gasteiger partial charge in [-0.15, -0.1) is 5.10 Å². The lowest BCUT2D eigenvalue weighted by Crippen LogP contribution is -1.84. The minimum Gasteiger partial charge on any atom is -0.388 e. The van der Waals surface area contributed by atoms with Crippen LogP contribution in [0.3, 0.4) is 0 Å². The maximum atomic E-state index is 8.63. The van der Waals surface area contributed by atoms with Gasteiger partial charge in [-0.2, -0.15) is 4.98 Å². The monoisotopic (exact) mass is 184 g/mol. The van der Waals surface area contributed by atoms with Crippen molar-refractivity contribution in [2.24, 2.45) is 0 Å². The third-order valence-corrected chi connectivity index (χ3v) is 1.69. The van der Waals surface area contributed by atoms with Crippen LogP contribution in [-0.4, -0.2) is 24.8 Å². The van der Waals surface area contributed by atoms with Crippen molar-refractivity contribution in [3.05, 3.63) is 11.2 Å². The van der Waals surface area contributed by atoms with Gasteiger partial charge in [-0.3, -0.25) is 0 Å². The van der Waals surface area contributed by atoms with E-state index in [2.05, 4.69) is 19.7 Å². The van der Waals surface area contributed by atoms with E-state index in [1.54, 1.807) is 5.38 Å². The number of nitrogens with zero attached hydrogens (tertiary/aromatic N) is 4. The molecule has 2 rings (SSSR count). The summed E-state index contributed by atoms with van der Waals surface area (Å²) in [6.07, 6.45) is 0. The highest BCUT2D eigenvalue weighted by atomic mass is 32.1. The zero-order valence-electron chi connectivity index (χ0n) is 5.84. The smallest absolute Gasteiger partial charge is 0.279 e. The van der Waals surface area contributed by atoms with Crippen LogP contribution in [-0.2, 0) is 6.61 Å². The second-order valence-corrected chi connectivity index (χ2v) is 2.57. The lowest BCUT2D eigenvalue weighted by molar-refractivity contribution is 0.264. The van der Waals surface area contributed by atoms with Crippen molar-refractivity contribution in [3.8, 4) is 11.6 Å². The largest absolute Gasteiger partial charge is 0.388 e. The van der Waals surface area contributed by atoms with E-state index in [1.807, 2.05) is 0 Å². The molecule has 0 aromatic carbocycles. The molecule has 0 bridgehead atoms. The van der Waals surface area contributed by atoms with Crippen LogP contribution in [0.25, 0.3) is 11.6 Å². The van der Waals surface area contributed by atoms with Crippen molar-refractivity contribution in [3.63, 3.8) is 0 Å². The van der Waals surface area contributed by atoms with Gasteiger partial charge in [0.1, 0.15) is 6.61 Å². The number of rotatable bonds is 2. The normalized spacial score (nSPS) is 10.4. The molecule has 0 amide bonds. The van der Waals surface area contributed by atoms with Gasteiger partial charge in [0.25, 0.3) is 5.89 Å². The molecule has 0 saturated heterocycles. The Morgan fingerprint density at radius 1 is 1.58 bits per heavy atom. The van der Waals surface area contributed by atoms with Crippen LogP contribution in [0.15, 0.2) is 9.90 Å². The van der Waals surface area contributed by atoms with Gasteiger partial charge < -0.3 is 9.63 Å². The fourth-order valence-electron chi connectivity index (χ4n) is 0.680. The summed E-state index contributed by atoms with van der Waals surface area (Å²) in [5, 5.41) is 17.5. The van der Waals surface area contributed by atoms with Crippen molar-refractivity contribution in [2.75, 3.05) is 0 Å². The zero-order chi connectivity index (χ0) is 8.39. The van der Waals surface area contributed by atoms with Crippen LogP contribution < -0.4 is 0 Å². The third kappa shape index (κ3) is 1.19. The first kappa shape index (κ1) is 7.32. The lowest BCUT2D eigenvalue weighted by Gasteiger charge is -1.79. The van der Waals surface area contributed by atoms with Gasteiger partial charge in [-0.1, -0.05) is 9.64 Å². The summed E-state index contributed by atoms with van der Waals surface area (Å²) in [4.78, 5) is 3.85. The quantitative estimate of drug-likeness (QED) is 0.711. The fraction of sp³-hybridized carbons (Fsp3) is 0.200. The summed E-state index contributed by atoms with van der Waals surface area (Å²) in [5.41, 5.74) is 0.534. The predicted octanol–water partition coefficient (Wildman–Crippen LogP) is 0.0804. The first-order valence-electron chi connectivity index (χ1n) is 3.11. The van der Waals surface area contributed by atoms with Gasteiger partial charge in [-0.05, 0) is 11.5 Å². The van der Waals surface area contributed by atoms with E-state index in [4.69, 9.17) is 9.63 Å². The highest BCUT2D eigenvalue weighted by Gasteiger charge is 2.09. The molecule has 0 saturated carbocycles. The maximum absolute atomic E-state index is 8.63. The van der Waals surface area contributed by atoms with E-state index >= 15 is 0 Å². The average molecular weight is 184 g/mol. The number of aliphatic hydroxyl groups is 1. The Labute approximate surface area is 71.0 Å². The number of hydrogen-bond donors (Lipinski definition) is 1. The Hall–Kier alpha value is -1.34. The molecular formula is C5H4N4O2S. The van der Waals surface area contributed by atoms with Crippen LogP contribution in [0.2, 0.25) is 0 Å². The van der Waals surface area contributed by atoms with Crippen molar-refractivity contribution in [2.45, 2.75) is 6.61 Å². The minimum absolute atomic E-state index is 0.235. The van der Waals surface area contributed by atoms with Crippen LogP contribution in [0, 0.1) is 0 Å². The molecule has 0 fully saturated rings. The molecule has 0 aliphatic carbocycles. The molecule has 2 heterocycles. The zero-order valence-corrected chi connectivity index (χ0v) is 6.65. The number of hydrogen-bond acceptors (Lipinski definition) is 7. The molecule has 12 heavy (non-hydrogen) atoms. The molecule has 7 heteroatoms. The topological polar surface area (TPSA) is 84.9 Å². The highest BCUT2D eigenvalue weighted by Crippen LogP contribution is 2.14. The summed E-state index contributed by atoms with van der Waals surface area (Å²) >= 11 is 1.20. The van der Waals surface area contributed by atoms with Gasteiger partial charge in [0.15, 0.2) is 11.5 Å². The van der Waals surface area contributed by atoms with Crippen LogP contribution >= 0.6 is 11.5 Å². The Bertz CT molecular complexity index is 357. The number of aromatic nitrogens is 4. The average Bonchev–Trinajstić information content (AvgIpc) is 2.75. The van der Waals surface area contributed by atoms with Gasteiger partial charge in [0.05, 0.1) is 0 Å². The van der Waals surface area contributed by atoms with Crippen LogP contribution in [0.4, 0.5) is 0 Å². The Morgan fingerprint density at radius 2 is 2.50 bits per heavy atom. The molecular weight excluding hydrogens is 180 g/mol. The Kier molecular flexibility index (Phi) is 1.80. The SMILES string of the molecule is OCc1noc(-c2csnn2)n1. The molecule has 6 nitrogen and oxygen atoms in total. The second-order valence-electron chi connectivity index (χ2n) is 1.96. The molecule has 0 spiro atoms. The first-order valence-corrected chi connectivity index (χ1v) is 3.94. The maximum Gasteiger partial charge on any atom is 0.279 e. The Morgan fingerprint density at radius 3 is 3.08 bits per heavy atom. The third-order valence-electron chi connectivity index (χ3n) is 1.19. The fourth-order valence-corrected chi connectivity index (χ4v) is 1.11. The van der Waals surface area contributed by atoms with Crippen molar-refractivity contribution < 1.29 is 9.63 Å². The summed E-state index contributed by atoms with van der Waals surface area (Å²) < 4.78 is 8.42. The lowest BCUT2D eigenvalue weighted by atomic mass is 10.5. The molecule has 0 unspecified atom stereocenters. The minimum atomic E-state index is -0.235. The molecule has 62 valence electrons. The van der Waals surface area contributed by atoms with E-state index in [9.17, 15) is 0 Å². The van der Waals surface area contributed by atoms with Gasteiger partial charge in [0.2, 0.25) is 0 Å². The van der Waals surface area contributed by atoms with Crippen molar-refractivity contribution in [1.29, 1.82) is 0 Å². The van der Waals surface area contributed by atoms with E-state index in [1.165, 1.54) is 11.5 Å². The van der Waals surface area contributed by atoms with Gasteiger partial charge in [-0.25, -0.2) is 0 Å². The molecule has 0 radical (unpaired) electrons. The van der Waals surface area contributed by atoms with Crippen LogP contribution in [0.1, 0.15) is 5.82 Å². The first-order chi connectivity index (χ1) is 5.90. The van der Waals surface area contributed by atoms with Crippen molar-refractivity contribution >= 4 is 11.5 Å². The summed E-state index contributed by atoms with van der Waals surface area (Å²) in [6, 6.07) is 0. The molecule has 2 aromatic heterocycles. The summed E-state index contributed by atoms with van der Waals surface area (Å²) in [6.45, 7) is -0.235. The summed E-state index contributed by atoms with van der Waals surface area (Å²) in [5.74, 6) is 0.533. The standard InChI is InChI=1S/C5H4N4O2S/c10-1-4-6-5(11-8-4)3-2-12-9-7-3/h2,10H,1H2. The van der Waals surface area contributed by atoms with Crippen molar-refractivity contribution in [1.82, 2.24) is 19.7 Å². The molecule has 1 N–H and O–H groups in total. The molecule has 0 aliphatic rings. The van der Waals surface area contributed by atoms with Gasteiger partial charge >= 0.3 is 0 Å². The predicted molar refractivity (Wildman–Crippen MR) is 39.1 cm³/mol. The van der Waals surface area contributed by atoms with E-state index in [0.717, 1.165) is 0 Å². The summed E-state index contributed by atoms with van der Waals surface area (Å²) in [7, 11) is 0. The highest BCUT2D eigenvalue weighted by molar-refractivity contribution is 7.03. The Balaban J connectivity index is 2.35. The van der Waals surface area contributed by atoms with E-state index in [0.29, 0.717) is 5.69 Å². The molecule has 0 atom stereocenters. The van der Waals surface area contributed by atoms with E-state index < -0.39 is 0 Å². The van der Waals surface area contributed by atoms with Crippen LogP contribution in [0.5, 0.6) is 0 Å².